The molecule has 1 fully saturated rings. The molecule has 1 unspecified atom stereocenters. The van der Waals surface area contributed by atoms with Crippen LogP contribution in [0.15, 0.2) is 77.8 Å². The van der Waals surface area contributed by atoms with Gasteiger partial charge in [-0.2, -0.15) is 5.11 Å². The largest absolute Gasteiger partial charge is 0.573 e. The highest BCUT2D eigenvalue weighted by atomic mass is 19.4. The molecule has 12 nitrogen and oxygen atoms in total. The van der Waals surface area contributed by atoms with E-state index >= 15 is 0 Å². The highest BCUT2D eigenvalue weighted by molar-refractivity contribution is 5.92. The first-order valence-electron chi connectivity index (χ1n) is 12.9. The molecule has 0 radical (unpaired) electrons. The van der Waals surface area contributed by atoms with Crippen molar-refractivity contribution in [3.8, 4) is 5.75 Å². The summed E-state index contributed by atoms with van der Waals surface area (Å²) in [6.07, 6.45) is -0.297. The lowest BCUT2D eigenvalue weighted by atomic mass is 10.1. The third kappa shape index (κ3) is 9.25. The Kier molecular flexibility index (Phi) is 9.97. The number of amides is 2. The fraction of sp³-hybridized carbons (Fsp3) is 0.296. The fourth-order valence-electron chi connectivity index (χ4n) is 4.22. The summed E-state index contributed by atoms with van der Waals surface area (Å²) in [4.78, 5) is 31.0. The van der Waals surface area contributed by atoms with Crippen LogP contribution in [0.3, 0.4) is 0 Å². The van der Waals surface area contributed by atoms with Crippen LogP contribution in [-0.4, -0.2) is 52.5 Å². The highest BCUT2D eigenvalue weighted by Crippen LogP contribution is 2.24. The second kappa shape index (κ2) is 14.0. The molecule has 1 aromatic carbocycles. The van der Waals surface area contributed by atoms with Crippen molar-refractivity contribution >= 4 is 23.5 Å². The molecular weight excluding hydrogens is 555 g/mol. The number of benzene rings is 1. The van der Waals surface area contributed by atoms with Gasteiger partial charge in [0.1, 0.15) is 5.75 Å². The zero-order valence-electron chi connectivity index (χ0n) is 22.3. The van der Waals surface area contributed by atoms with Gasteiger partial charge in [-0.15, -0.1) is 23.4 Å². The Labute approximate surface area is 238 Å². The Morgan fingerprint density at radius 2 is 2.00 bits per heavy atom. The number of anilines is 2. The van der Waals surface area contributed by atoms with Gasteiger partial charge < -0.3 is 25.6 Å². The minimum atomic E-state index is -4.82. The minimum Gasteiger partial charge on any atom is -0.406 e. The van der Waals surface area contributed by atoms with Crippen molar-refractivity contribution in [3.63, 3.8) is 0 Å². The van der Waals surface area contributed by atoms with Crippen molar-refractivity contribution in [2.45, 2.75) is 38.2 Å². The molecule has 1 atom stereocenters. The molecule has 4 rings (SSSR count). The fourth-order valence-corrected chi connectivity index (χ4v) is 4.22. The summed E-state index contributed by atoms with van der Waals surface area (Å²) in [6, 6.07) is 13.8. The van der Waals surface area contributed by atoms with Gasteiger partial charge in [0.15, 0.2) is 17.3 Å². The maximum absolute atomic E-state index is 12.4. The Bertz CT molecular complexity index is 1400. The average Bonchev–Trinajstić information content (AvgIpc) is 2.97. The number of carbonyl (C=O) groups excluding carboxylic acids is 2. The van der Waals surface area contributed by atoms with Gasteiger partial charge in [0.05, 0.1) is 18.7 Å². The summed E-state index contributed by atoms with van der Waals surface area (Å²) in [5, 5.41) is 20.0. The number of ether oxygens (including phenoxy) is 1. The Morgan fingerprint density at radius 1 is 1.14 bits per heavy atom. The van der Waals surface area contributed by atoms with Gasteiger partial charge in [-0.25, -0.2) is 5.53 Å². The molecule has 3 heterocycles. The molecule has 4 N–H and O–H groups in total. The number of rotatable bonds is 11. The molecule has 2 aromatic heterocycles. The quantitative estimate of drug-likeness (QED) is 0.197. The van der Waals surface area contributed by atoms with Gasteiger partial charge >= 0.3 is 6.36 Å². The number of aromatic nitrogens is 3. The zero-order valence-corrected chi connectivity index (χ0v) is 22.3. The van der Waals surface area contributed by atoms with E-state index in [4.69, 9.17) is 5.53 Å². The molecule has 3 aromatic rings. The van der Waals surface area contributed by atoms with Crippen molar-refractivity contribution in [2.24, 2.45) is 5.11 Å². The standard InChI is InChI=1S/C27H28F3N9O3/c28-27(29,30)42-21-8-3-5-18(13-21)14-25(40)35-23-9-10-24(38-37-23)39-12-4-7-20(17-39)33-16-22(36-31)26(41)34-15-19-6-1-2-11-32-19/h1-3,5-6,8-11,13,16,20,31,33H,4,7,12,14-15,17H2,(H,34,41)(H,35,37,40)/b22-16-,36-31?. The van der Waals surface area contributed by atoms with Crippen LogP contribution in [0.5, 0.6) is 5.75 Å². The van der Waals surface area contributed by atoms with E-state index in [1.807, 2.05) is 11.0 Å². The van der Waals surface area contributed by atoms with Gasteiger partial charge in [0, 0.05) is 31.5 Å². The number of hydrogen-bond acceptors (Lipinski definition) is 10. The van der Waals surface area contributed by atoms with Crippen molar-refractivity contribution in [1.82, 2.24) is 25.8 Å². The maximum atomic E-state index is 12.4. The predicted octanol–water partition coefficient (Wildman–Crippen LogP) is 3.70. The van der Waals surface area contributed by atoms with Gasteiger partial charge in [-0.05, 0) is 54.8 Å². The normalized spacial score (nSPS) is 15.5. The number of nitrogens with one attached hydrogen (secondary N) is 4. The van der Waals surface area contributed by atoms with E-state index in [0.29, 0.717) is 23.6 Å². The topological polar surface area (TPSA) is 158 Å². The van der Waals surface area contributed by atoms with E-state index < -0.39 is 23.9 Å². The molecule has 0 bridgehead atoms. The van der Waals surface area contributed by atoms with Crippen LogP contribution in [0.25, 0.3) is 0 Å². The number of hydrogen-bond donors (Lipinski definition) is 4. The smallest absolute Gasteiger partial charge is 0.406 e. The lowest BCUT2D eigenvalue weighted by Gasteiger charge is -2.33. The van der Waals surface area contributed by atoms with Crippen LogP contribution in [0.2, 0.25) is 0 Å². The first-order valence-corrected chi connectivity index (χ1v) is 12.9. The molecule has 1 aliphatic rings. The Morgan fingerprint density at radius 3 is 2.71 bits per heavy atom. The molecule has 1 saturated heterocycles. The summed E-state index contributed by atoms with van der Waals surface area (Å²) in [5.41, 5.74) is 8.33. The first kappa shape index (κ1) is 29.9. The second-order valence-corrected chi connectivity index (χ2v) is 9.29. The summed E-state index contributed by atoms with van der Waals surface area (Å²) in [5.74, 6) is -0.606. The molecule has 0 spiro atoms. The highest BCUT2D eigenvalue weighted by Gasteiger charge is 2.31. The lowest BCUT2D eigenvalue weighted by molar-refractivity contribution is -0.274. The van der Waals surface area contributed by atoms with E-state index in [9.17, 15) is 22.8 Å². The SMILES string of the molecule is N=N/C(=C\NC1CCCN(c2ccc(NC(=O)Cc3cccc(OC(F)(F)F)c3)nn2)C1)C(=O)NCc1ccccn1. The van der Waals surface area contributed by atoms with Crippen LogP contribution in [-0.2, 0) is 22.6 Å². The maximum Gasteiger partial charge on any atom is 0.573 e. The van der Waals surface area contributed by atoms with Gasteiger partial charge in [-0.1, -0.05) is 18.2 Å². The average molecular weight is 584 g/mol. The Balaban J connectivity index is 1.27. The monoisotopic (exact) mass is 583 g/mol. The first-order chi connectivity index (χ1) is 20.2. The van der Waals surface area contributed by atoms with Crippen LogP contribution < -0.4 is 25.6 Å². The molecule has 0 saturated carbocycles. The van der Waals surface area contributed by atoms with Crippen LogP contribution in [0, 0.1) is 5.53 Å². The summed E-state index contributed by atoms with van der Waals surface area (Å²) in [6.45, 7) is 1.48. The van der Waals surface area contributed by atoms with E-state index in [-0.39, 0.29) is 30.5 Å². The van der Waals surface area contributed by atoms with Gasteiger partial charge in [0.25, 0.3) is 5.91 Å². The lowest BCUT2D eigenvalue weighted by Crippen LogP contribution is -2.44. The zero-order chi connectivity index (χ0) is 30.0. The Hall–Kier alpha value is -5.08. The predicted molar refractivity (Wildman–Crippen MR) is 145 cm³/mol. The van der Waals surface area contributed by atoms with E-state index in [2.05, 4.69) is 41.0 Å². The minimum absolute atomic E-state index is 0.0441. The van der Waals surface area contributed by atoms with Crippen LogP contribution >= 0.6 is 0 Å². The van der Waals surface area contributed by atoms with Crippen molar-refractivity contribution in [1.29, 1.82) is 5.53 Å². The van der Waals surface area contributed by atoms with Crippen molar-refractivity contribution in [2.75, 3.05) is 23.3 Å². The van der Waals surface area contributed by atoms with Crippen molar-refractivity contribution < 1.29 is 27.5 Å². The van der Waals surface area contributed by atoms with Crippen molar-refractivity contribution in [3.05, 3.63) is 83.9 Å². The number of alkyl halides is 3. The third-order valence-corrected chi connectivity index (χ3v) is 6.13. The number of nitrogens with zero attached hydrogens (tertiary/aromatic N) is 5. The van der Waals surface area contributed by atoms with E-state index in [1.54, 1.807) is 30.5 Å². The number of carbonyl (C=O) groups is 2. The molecule has 220 valence electrons. The van der Waals surface area contributed by atoms with Crippen LogP contribution in [0.4, 0.5) is 24.8 Å². The summed E-state index contributed by atoms with van der Waals surface area (Å²) < 4.78 is 41.2. The molecule has 15 heteroatoms. The van der Waals surface area contributed by atoms with Gasteiger partial charge in [0.2, 0.25) is 5.91 Å². The number of halogens is 3. The molecular formula is C27H28F3N9O3. The molecule has 1 aliphatic heterocycles. The number of piperidine rings is 1. The molecule has 2 amide bonds. The molecule has 0 aliphatic carbocycles. The second-order valence-electron chi connectivity index (χ2n) is 9.29. The van der Waals surface area contributed by atoms with Crippen LogP contribution in [0.1, 0.15) is 24.1 Å². The van der Waals surface area contributed by atoms with Gasteiger partial charge in [-0.3, -0.25) is 14.6 Å². The summed E-state index contributed by atoms with van der Waals surface area (Å²) >= 11 is 0. The molecule has 42 heavy (non-hydrogen) atoms. The van der Waals surface area contributed by atoms with E-state index in [0.717, 1.165) is 31.5 Å². The third-order valence-electron chi connectivity index (χ3n) is 6.13. The van der Waals surface area contributed by atoms with E-state index in [1.165, 1.54) is 18.3 Å². The summed E-state index contributed by atoms with van der Waals surface area (Å²) in [7, 11) is 0. The number of pyridine rings is 1.